The highest BCUT2D eigenvalue weighted by Gasteiger charge is 2.22. The van der Waals surface area contributed by atoms with Crippen LogP contribution < -0.4 is 4.90 Å². The van der Waals surface area contributed by atoms with Gasteiger partial charge in [-0.3, -0.25) is 9.69 Å². The summed E-state index contributed by atoms with van der Waals surface area (Å²) in [5, 5.41) is 0. The van der Waals surface area contributed by atoms with Crippen LogP contribution in [0.3, 0.4) is 0 Å². The van der Waals surface area contributed by atoms with Crippen molar-refractivity contribution in [1.82, 2.24) is 9.80 Å². The molecule has 0 aromatic heterocycles. The van der Waals surface area contributed by atoms with Crippen molar-refractivity contribution in [3.05, 3.63) is 101 Å². The summed E-state index contributed by atoms with van der Waals surface area (Å²) in [6.07, 6.45) is 7.08. The number of anilines is 1. The van der Waals surface area contributed by atoms with E-state index in [1.807, 2.05) is 4.90 Å². The van der Waals surface area contributed by atoms with Crippen molar-refractivity contribution in [2.75, 3.05) is 57.4 Å². The molecule has 2 heterocycles. The summed E-state index contributed by atoms with van der Waals surface area (Å²) in [4.78, 5) is 18.1. The van der Waals surface area contributed by atoms with Gasteiger partial charge in [0.05, 0.1) is 13.2 Å². The highest BCUT2D eigenvalue weighted by molar-refractivity contribution is 5.73. The van der Waals surface area contributed by atoms with Crippen LogP contribution in [0.5, 0.6) is 0 Å². The van der Waals surface area contributed by atoms with Crippen molar-refractivity contribution < 1.29 is 9.53 Å². The minimum Gasteiger partial charge on any atom is -0.379 e. The Morgan fingerprint density at radius 2 is 1.04 bits per heavy atom. The molecule has 1 amide bonds. The monoisotopic (exact) mass is 724 g/mol. The van der Waals surface area contributed by atoms with E-state index in [0.29, 0.717) is 6.04 Å². The molecule has 3 aliphatic rings. The maximum Gasteiger partial charge on any atom is 0.219 e. The van der Waals surface area contributed by atoms with Gasteiger partial charge in [0.15, 0.2) is 0 Å². The molecule has 5 heteroatoms. The van der Waals surface area contributed by atoms with Gasteiger partial charge in [0.2, 0.25) is 5.91 Å². The molecule has 0 radical (unpaired) electrons. The van der Waals surface area contributed by atoms with Gasteiger partial charge in [0.1, 0.15) is 0 Å². The van der Waals surface area contributed by atoms with E-state index in [-0.39, 0.29) is 22.2 Å². The Labute approximate surface area is 324 Å². The second kappa shape index (κ2) is 18.9. The molecule has 3 aromatic carbocycles. The van der Waals surface area contributed by atoms with E-state index in [2.05, 4.69) is 152 Å². The highest BCUT2D eigenvalue weighted by atomic mass is 16.5. The van der Waals surface area contributed by atoms with Crippen LogP contribution in [0.2, 0.25) is 0 Å². The highest BCUT2D eigenvalue weighted by Crippen LogP contribution is 2.34. The Morgan fingerprint density at radius 1 is 0.604 bits per heavy atom. The number of nitrogens with zero attached hydrogens (tertiary/aromatic N) is 3. The molecule has 292 valence electrons. The smallest absolute Gasteiger partial charge is 0.219 e. The van der Waals surface area contributed by atoms with Crippen LogP contribution >= 0.6 is 0 Å². The molecular formula is C48H73N3O2. The van der Waals surface area contributed by atoms with Crippen molar-refractivity contribution in [1.29, 1.82) is 0 Å². The van der Waals surface area contributed by atoms with Crippen LogP contribution in [0.25, 0.3) is 0 Å². The summed E-state index contributed by atoms with van der Waals surface area (Å²) in [7, 11) is 0. The van der Waals surface area contributed by atoms with E-state index in [1.54, 1.807) is 12.5 Å². The van der Waals surface area contributed by atoms with E-state index in [9.17, 15) is 4.79 Å². The number of morpholine rings is 1. The Bertz CT molecular complexity index is 1500. The molecule has 1 unspecified atom stereocenters. The zero-order valence-corrected chi connectivity index (χ0v) is 35.4. The molecule has 53 heavy (non-hydrogen) atoms. The largest absolute Gasteiger partial charge is 0.379 e. The molecule has 5 nitrogen and oxygen atoms in total. The average Bonchev–Trinajstić information content (AvgIpc) is 3.15. The Morgan fingerprint density at radius 3 is 1.47 bits per heavy atom. The number of piperazine rings is 1. The predicted molar refractivity (Wildman–Crippen MR) is 227 cm³/mol. The van der Waals surface area contributed by atoms with E-state index in [1.165, 1.54) is 60.0 Å². The minimum absolute atomic E-state index is 0.183. The van der Waals surface area contributed by atoms with Gasteiger partial charge in [-0.25, -0.2) is 0 Å². The first-order valence-electron chi connectivity index (χ1n) is 20.6. The van der Waals surface area contributed by atoms with Crippen LogP contribution in [0.1, 0.15) is 148 Å². The first-order chi connectivity index (χ1) is 24.9. The molecule has 0 bridgehead atoms. The number of ether oxygens (including phenoxy) is 1. The third kappa shape index (κ3) is 13.0. The minimum atomic E-state index is 0.183. The Hall–Kier alpha value is -3.15. The van der Waals surface area contributed by atoms with Gasteiger partial charge in [-0.1, -0.05) is 142 Å². The molecule has 2 saturated heterocycles. The SMILES string of the molecule is CC(=O)N1CCN(c2ccc(C(C)(C)C)cc2)CC1.CC(C)(C)c1ccc(C2CCCCC2)cc1.CC(c1ccc(C(C)(C)C)cc1)N1CCOCC1. The van der Waals surface area contributed by atoms with E-state index in [0.717, 1.165) is 58.4 Å². The molecule has 0 spiro atoms. The van der Waals surface area contributed by atoms with Gasteiger partial charge >= 0.3 is 0 Å². The number of amides is 1. The van der Waals surface area contributed by atoms with Crippen molar-refractivity contribution in [2.45, 2.75) is 136 Å². The fourth-order valence-electron chi connectivity index (χ4n) is 7.58. The second-order valence-electron chi connectivity index (χ2n) is 18.7. The lowest BCUT2D eigenvalue weighted by Gasteiger charge is -2.35. The topological polar surface area (TPSA) is 36.0 Å². The summed E-state index contributed by atoms with van der Waals surface area (Å²) in [6, 6.07) is 27.8. The average molecular weight is 724 g/mol. The van der Waals surface area contributed by atoms with E-state index in [4.69, 9.17) is 4.74 Å². The lowest BCUT2D eigenvalue weighted by molar-refractivity contribution is -0.129. The van der Waals surface area contributed by atoms with Crippen molar-refractivity contribution in [3.8, 4) is 0 Å². The molecule has 6 rings (SSSR count). The van der Waals surface area contributed by atoms with Gasteiger partial charge in [-0.05, 0) is 81.9 Å². The third-order valence-electron chi connectivity index (χ3n) is 11.5. The zero-order valence-electron chi connectivity index (χ0n) is 35.4. The molecule has 3 aromatic rings. The summed E-state index contributed by atoms with van der Waals surface area (Å²) < 4.78 is 5.41. The fourth-order valence-corrected chi connectivity index (χ4v) is 7.58. The predicted octanol–water partition coefficient (Wildman–Crippen LogP) is 11.1. The molecular weight excluding hydrogens is 651 g/mol. The van der Waals surface area contributed by atoms with E-state index < -0.39 is 0 Å². The van der Waals surface area contributed by atoms with Crippen molar-refractivity contribution >= 4 is 11.6 Å². The molecule has 2 aliphatic heterocycles. The molecule has 1 atom stereocenters. The first-order valence-corrected chi connectivity index (χ1v) is 20.6. The Kier molecular flexibility index (Phi) is 15.2. The number of benzene rings is 3. The fraction of sp³-hybridized carbons (Fsp3) is 0.604. The number of hydrogen-bond donors (Lipinski definition) is 0. The van der Waals surface area contributed by atoms with Crippen LogP contribution in [0.15, 0.2) is 72.8 Å². The summed E-state index contributed by atoms with van der Waals surface area (Å²) in [5.41, 5.74) is 9.16. The molecule has 3 fully saturated rings. The number of hydrogen-bond acceptors (Lipinski definition) is 4. The molecule has 0 N–H and O–H groups in total. The maximum atomic E-state index is 11.3. The van der Waals surface area contributed by atoms with Gasteiger partial charge in [-0.15, -0.1) is 0 Å². The van der Waals surface area contributed by atoms with E-state index >= 15 is 0 Å². The lowest BCUT2D eigenvalue weighted by Crippen LogP contribution is -2.48. The standard InChI is InChI=1S/C16H24N2O.C16H25NO.C16H24/c1-13(19)17-9-11-18(12-10-17)15-7-5-14(6-8-15)16(2,3)4;1-13(17-9-11-18-12-10-17)14-5-7-15(8-6-14)16(2,3)4;1-16(2,3)15-11-9-14(10-12-15)13-7-5-4-6-8-13/h5-8H,9-12H2,1-4H3;5-8,13H,9-12H2,1-4H3;9-13H,4-8H2,1-3H3. The van der Waals surface area contributed by atoms with Crippen LogP contribution in [0.4, 0.5) is 5.69 Å². The van der Waals surface area contributed by atoms with Crippen LogP contribution in [0, 0.1) is 0 Å². The first kappa shape index (κ1) is 42.6. The van der Waals surface area contributed by atoms with Crippen LogP contribution in [-0.4, -0.2) is 68.2 Å². The maximum absolute atomic E-state index is 11.3. The lowest BCUT2D eigenvalue weighted by atomic mass is 9.81. The van der Waals surface area contributed by atoms with Crippen molar-refractivity contribution in [2.24, 2.45) is 0 Å². The molecule has 1 aliphatic carbocycles. The number of rotatable bonds is 4. The second-order valence-corrected chi connectivity index (χ2v) is 18.7. The van der Waals surface area contributed by atoms with Gasteiger partial charge in [-0.2, -0.15) is 0 Å². The number of carbonyl (C=O) groups is 1. The quantitative estimate of drug-likeness (QED) is 0.269. The number of carbonyl (C=O) groups excluding carboxylic acids is 1. The summed E-state index contributed by atoms with van der Waals surface area (Å²) in [5.74, 6) is 1.02. The summed E-state index contributed by atoms with van der Waals surface area (Å²) in [6.45, 7) is 31.6. The zero-order chi connectivity index (χ0) is 38.8. The Balaban J connectivity index is 0.000000178. The summed E-state index contributed by atoms with van der Waals surface area (Å²) >= 11 is 0. The van der Waals surface area contributed by atoms with Crippen LogP contribution in [-0.2, 0) is 25.8 Å². The third-order valence-corrected chi connectivity index (χ3v) is 11.5. The normalized spacial score (nSPS) is 18.3. The van der Waals surface area contributed by atoms with Crippen molar-refractivity contribution in [3.63, 3.8) is 0 Å². The molecule has 1 saturated carbocycles. The van der Waals surface area contributed by atoms with Gasteiger partial charge in [0.25, 0.3) is 0 Å². The van der Waals surface area contributed by atoms with Gasteiger partial charge < -0.3 is 14.5 Å². The van der Waals surface area contributed by atoms with Gasteiger partial charge in [0, 0.05) is 57.9 Å².